The summed E-state index contributed by atoms with van der Waals surface area (Å²) in [7, 11) is 3.08. The van der Waals surface area contributed by atoms with Crippen molar-refractivity contribution in [3.8, 4) is 11.5 Å². The lowest BCUT2D eigenvalue weighted by Gasteiger charge is -2.21. The van der Waals surface area contributed by atoms with Gasteiger partial charge in [-0.25, -0.2) is 0 Å². The van der Waals surface area contributed by atoms with Crippen molar-refractivity contribution in [1.29, 1.82) is 0 Å². The zero-order valence-electron chi connectivity index (χ0n) is 12.0. The molecule has 0 unspecified atom stereocenters. The molecule has 2 N–H and O–H groups in total. The highest BCUT2D eigenvalue weighted by Crippen LogP contribution is 2.29. The molecule has 0 radical (unpaired) electrons. The Balaban J connectivity index is 2.00. The maximum atomic E-state index is 12.1. The van der Waals surface area contributed by atoms with E-state index in [9.17, 15) is 9.59 Å². The fraction of sp³-hybridized carbons (Fsp3) is 0.429. The summed E-state index contributed by atoms with van der Waals surface area (Å²) in [6, 6.07) is 5.14. The predicted octanol–water partition coefficient (Wildman–Crippen LogP) is 1.26. The molecule has 21 heavy (non-hydrogen) atoms. The van der Waals surface area contributed by atoms with Gasteiger partial charge in [0.1, 0.15) is 11.5 Å². The topological polar surface area (TPSA) is 76.7 Å². The van der Waals surface area contributed by atoms with Crippen molar-refractivity contribution in [3.63, 3.8) is 0 Å². The van der Waals surface area contributed by atoms with Crippen LogP contribution in [0.5, 0.6) is 11.5 Å². The van der Waals surface area contributed by atoms with Crippen molar-refractivity contribution in [2.75, 3.05) is 31.8 Å². The SMILES string of the molecule is COc1ccc(NC(=O)C[C@@H]2SCCNC2=O)c(OC)c1. The van der Waals surface area contributed by atoms with E-state index in [4.69, 9.17) is 9.47 Å². The molecule has 0 spiro atoms. The van der Waals surface area contributed by atoms with Gasteiger partial charge in [-0.05, 0) is 12.1 Å². The van der Waals surface area contributed by atoms with Gasteiger partial charge in [0.2, 0.25) is 11.8 Å². The molecule has 2 rings (SSSR count). The van der Waals surface area contributed by atoms with Crippen LogP contribution in [0.4, 0.5) is 5.69 Å². The van der Waals surface area contributed by atoms with Crippen LogP contribution >= 0.6 is 11.8 Å². The molecule has 1 aromatic rings. The molecule has 1 aliphatic heterocycles. The Hall–Kier alpha value is -1.89. The minimum atomic E-state index is -0.331. The molecule has 114 valence electrons. The summed E-state index contributed by atoms with van der Waals surface area (Å²) in [4.78, 5) is 23.7. The van der Waals surface area contributed by atoms with Gasteiger partial charge in [-0.3, -0.25) is 9.59 Å². The van der Waals surface area contributed by atoms with Gasteiger partial charge >= 0.3 is 0 Å². The summed E-state index contributed by atoms with van der Waals surface area (Å²) >= 11 is 1.50. The van der Waals surface area contributed by atoms with Crippen LogP contribution < -0.4 is 20.1 Å². The van der Waals surface area contributed by atoms with Crippen LogP contribution in [-0.4, -0.2) is 43.6 Å². The molecule has 1 atom stereocenters. The van der Waals surface area contributed by atoms with Crippen molar-refractivity contribution < 1.29 is 19.1 Å². The van der Waals surface area contributed by atoms with Crippen LogP contribution in [-0.2, 0) is 9.59 Å². The summed E-state index contributed by atoms with van der Waals surface area (Å²) in [5, 5.41) is 5.20. The minimum absolute atomic E-state index is 0.0805. The fourth-order valence-corrected chi connectivity index (χ4v) is 3.00. The fourth-order valence-electron chi connectivity index (χ4n) is 1.99. The highest BCUT2D eigenvalue weighted by Gasteiger charge is 2.25. The quantitative estimate of drug-likeness (QED) is 0.856. The number of amides is 2. The van der Waals surface area contributed by atoms with E-state index in [1.165, 1.54) is 18.9 Å². The largest absolute Gasteiger partial charge is 0.497 e. The van der Waals surface area contributed by atoms with E-state index in [0.717, 1.165) is 5.75 Å². The number of thioether (sulfide) groups is 1. The first-order valence-electron chi connectivity index (χ1n) is 6.55. The molecule has 1 heterocycles. The maximum absolute atomic E-state index is 12.1. The lowest BCUT2D eigenvalue weighted by atomic mass is 10.2. The molecular weight excluding hydrogens is 292 g/mol. The second-order valence-electron chi connectivity index (χ2n) is 4.47. The third-order valence-corrected chi connectivity index (χ3v) is 4.29. The molecule has 1 saturated heterocycles. The van der Waals surface area contributed by atoms with Crippen molar-refractivity contribution in [2.45, 2.75) is 11.7 Å². The molecule has 0 aromatic heterocycles. The average Bonchev–Trinajstić information content (AvgIpc) is 2.50. The van der Waals surface area contributed by atoms with Crippen molar-refractivity contribution in [2.24, 2.45) is 0 Å². The first kappa shape index (κ1) is 15.5. The summed E-state index contributed by atoms with van der Waals surface area (Å²) in [5.74, 6) is 1.70. The van der Waals surface area contributed by atoms with Gasteiger partial charge in [-0.15, -0.1) is 11.8 Å². The van der Waals surface area contributed by atoms with Crippen LogP contribution in [0.3, 0.4) is 0 Å². The number of nitrogens with one attached hydrogen (secondary N) is 2. The van der Waals surface area contributed by atoms with E-state index >= 15 is 0 Å². The van der Waals surface area contributed by atoms with Gasteiger partial charge < -0.3 is 20.1 Å². The maximum Gasteiger partial charge on any atom is 0.233 e. The standard InChI is InChI=1S/C14H18N2O4S/c1-19-9-3-4-10(11(7-9)20-2)16-13(17)8-12-14(18)15-5-6-21-12/h3-4,7,12H,5-6,8H2,1-2H3,(H,15,18)(H,16,17)/t12-/m0/s1. The van der Waals surface area contributed by atoms with E-state index in [0.29, 0.717) is 23.7 Å². The van der Waals surface area contributed by atoms with Gasteiger partial charge in [0, 0.05) is 24.8 Å². The lowest BCUT2D eigenvalue weighted by molar-refractivity contribution is -0.123. The second-order valence-corrected chi connectivity index (χ2v) is 5.78. The molecule has 0 aliphatic carbocycles. The second kappa shape index (κ2) is 7.21. The normalized spacial score (nSPS) is 17.8. The number of benzene rings is 1. The molecule has 1 aromatic carbocycles. The van der Waals surface area contributed by atoms with Crippen LogP contribution in [0.1, 0.15) is 6.42 Å². The molecule has 1 fully saturated rings. The van der Waals surface area contributed by atoms with E-state index in [1.54, 1.807) is 25.3 Å². The number of rotatable bonds is 5. The molecular formula is C14H18N2O4S. The van der Waals surface area contributed by atoms with E-state index in [1.807, 2.05) is 0 Å². The molecule has 0 bridgehead atoms. The number of hydrogen-bond acceptors (Lipinski definition) is 5. The first-order valence-corrected chi connectivity index (χ1v) is 7.60. The number of ether oxygens (including phenoxy) is 2. The summed E-state index contributed by atoms with van der Waals surface area (Å²) < 4.78 is 10.3. The first-order chi connectivity index (χ1) is 10.1. The summed E-state index contributed by atoms with van der Waals surface area (Å²) in [6.45, 7) is 0.661. The van der Waals surface area contributed by atoms with E-state index in [-0.39, 0.29) is 23.5 Å². The van der Waals surface area contributed by atoms with Crippen LogP contribution in [0.25, 0.3) is 0 Å². The number of carbonyl (C=O) groups is 2. The minimum Gasteiger partial charge on any atom is -0.497 e. The van der Waals surface area contributed by atoms with Gasteiger partial charge in [0.05, 0.1) is 25.2 Å². The lowest BCUT2D eigenvalue weighted by Crippen LogP contribution is -2.40. The van der Waals surface area contributed by atoms with Crippen LogP contribution in [0.2, 0.25) is 0 Å². The highest BCUT2D eigenvalue weighted by atomic mass is 32.2. The van der Waals surface area contributed by atoms with Crippen LogP contribution in [0, 0.1) is 0 Å². The Morgan fingerprint density at radius 1 is 1.43 bits per heavy atom. The number of hydrogen-bond donors (Lipinski definition) is 2. The van der Waals surface area contributed by atoms with E-state index < -0.39 is 0 Å². The summed E-state index contributed by atoms with van der Waals surface area (Å²) in [5.41, 5.74) is 0.560. The highest BCUT2D eigenvalue weighted by molar-refractivity contribution is 8.00. The predicted molar refractivity (Wildman–Crippen MR) is 82.0 cm³/mol. The summed E-state index contributed by atoms with van der Waals surface area (Å²) in [6.07, 6.45) is 0.145. The average molecular weight is 310 g/mol. The van der Waals surface area contributed by atoms with Crippen molar-refractivity contribution in [3.05, 3.63) is 18.2 Å². The Labute approximate surface area is 127 Å². The molecule has 1 aliphatic rings. The zero-order valence-corrected chi connectivity index (χ0v) is 12.8. The van der Waals surface area contributed by atoms with Gasteiger partial charge in [-0.2, -0.15) is 0 Å². The monoisotopic (exact) mass is 310 g/mol. The third kappa shape index (κ3) is 4.04. The van der Waals surface area contributed by atoms with E-state index in [2.05, 4.69) is 10.6 Å². The van der Waals surface area contributed by atoms with Gasteiger partial charge in [-0.1, -0.05) is 0 Å². The Bertz CT molecular complexity index is 536. The Morgan fingerprint density at radius 3 is 2.90 bits per heavy atom. The number of anilines is 1. The van der Waals surface area contributed by atoms with Gasteiger partial charge in [0.25, 0.3) is 0 Å². The smallest absolute Gasteiger partial charge is 0.233 e. The molecule has 2 amide bonds. The Morgan fingerprint density at radius 2 is 2.24 bits per heavy atom. The van der Waals surface area contributed by atoms with Crippen molar-refractivity contribution >= 4 is 29.3 Å². The van der Waals surface area contributed by atoms with Gasteiger partial charge in [0.15, 0.2) is 0 Å². The Kier molecular flexibility index (Phi) is 5.32. The molecule has 0 saturated carbocycles. The number of methoxy groups -OCH3 is 2. The molecule has 6 nitrogen and oxygen atoms in total. The zero-order chi connectivity index (χ0) is 15.2. The number of carbonyl (C=O) groups excluding carboxylic acids is 2. The van der Waals surface area contributed by atoms with Crippen LogP contribution in [0.15, 0.2) is 18.2 Å². The third-order valence-electron chi connectivity index (χ3n) is 3.07. The van der Waals surface area contributed by atoms with Crippen molar-refractivity contribution in [1.82, 2.24) is 5.32 Å². The molecule has 7 heteroatoms.